The molecule has 0 aliphatic carbocycles. The minimum absolute atomic E-state index is 0.0772. The van der Waals surface area contributed by atoms with Crippen LogP contribution >= 0.6 is 11.6 Å². The summed E-state index contributed by atoms with van der Waals surface area (Å²) in [6.45, 7) is 1.92. The predicted molar refractivity (Wildman–Crippen MR) is 76.3 cm³/mol. The van der Waals surface area contributed by atoms with Gasteiger partial charge in [0.2, 0.25) is 0 Å². The molecule has 0 heterocycles. The fourth-order valence-corrected chi connectivity index (χ4v) is 2.44. The van der Waals surface area contributed by atoms with Crippen molar-refractivity contribution >= 4 is 11.6 Å². The zero-order valence-corrected chi connectivity index (χ0v) is 11.7. The lowest BCUT2D eigenvalue weighted by molar-refractivity contribution is 0.473. The first-order valence-corrected chi connectivity index (χ1v) is 6.55. The molecule has 106 valence electrons. The van der Waals surface area contributed by atoms with Crippen molar-refractivity contribution in [3.8, 4) is 0 Å². The Morgan fingerprint density at radius 2 is 1.85 bits per heavy atom. The average molecular weight is 297 g/mol. The Morgan fingerprint density at radius 1 is 1.20 bits per heavy atom. The van der Waals surface area contributed by atoms with E-state index >= 15 is 0 Å². The summed E-state index contributed by atoms with van der Waals surface area (Å²) in [5.41, 5.74) is 4.18. The Bertz CT molecular complexity index is 597. The molecule has 2 nitrogen and oxygen atoms in total. The molecule has 1 unspecified atom stereocenters. The van der Waals surface area contributed by atoms with E-state index in [2.05, 4.69) is 5.43 Å². The van der Waals surface area contributed by atoms with Crippen molar-refractivity contribution in [2.24, 2.45) is 5.84 Å². The highest BCUT2D eigenvalue weighted by molar-refractivity contribution is 6.31. The number of rotatable bonds is 4. The van der Waals surface area contributed by atoms with E-state index < -0.39 is 17.7 Å². The number of halogens is 3. The quantitative estimate of drug-likeness (QED) is 0.667. The summed E-state index contributed by atoms with van der Waals surface area (Å²) >= 11 is 6.14. The Morgan fingerprint density at radius 3 is 2.40 bits per heavy atom. The summed E-state index contributed by atoms with van der Waals surface area (Å²) in [4.78, 5) is 0. The normalized spacial score (nSPS) is 12.4. The summed E-state index contributed by atoms with van der Waals surface area (Å²) in [6.07, 6.45) is 0.299. The molecule has 0 radical (unpaired) electrons. The van der Waals surface area contributed by atoms with Gasteiger partial charge in [-0.1, -0.05) is 29.8 Å². The number of aryl methyl sites for hydroxylation is 1. The van der Waals surface area contributed by atoms with Gasteiger partial charge in [-0.25, -0.2) is 8.78 Å². The van der Waals surface area contributed by atoms with Crippen molar-refractivity contribution in [1.29, 1.82) is 0 Å². The summed E-state index contributed by atoms with van der Waals surface area (Å²) in [6, 6.07) is 8.59. The van der Waals surface area contributed by atoms with Crippen molar-refractivity contribution in [3.05, 3.63) is 69.7 Å². The third kappa shape index (κ3) is 3.15. The molecule has 0 saturated carbocycles. The maximum absolute atomic E-state index is 13.8. The maximum Gasteiger partial charge on any atom is 0.130 e. The number of nitrogens with one attached hydrogen (secondary N) is 1. The smallest absolute Gasteiger partial charge is 0.130 e. The van der Waals surface area contributed by atoms with Gasteiger partial charge in [-0.3, -0.25) is 11.3 Å². The standard InChI is InChI=1S/C15H15ClF2N2/c1-9-5-6-10(11(16)7-9)8-14(20-19)15-12(17)3-2-4-13(15)18/h2-7,14,20H,8,19H2,1H3. The van der Waals surface area contributed by atoms with Crippen molar-refractivity contribution < 1.29 is 8.78 Å². The van der Waals surface area contributed by atoms with Crippen molar-refractivity contribution in [2.45, 2.75) is 19.4 Å². The highest BCUT2D eigenvalue weighted by Crippen LogP contribution is 2.27. The van der Waals surface area contributed by atoms with Gasteiger partial charge in [0.15, 0.2) is 0 Å². The van der Waals surface area contributed by atoms with Crippen LogP contribution in [0.1, 0.15) is 22.7 Å². The van der Waals surface area contributed by atoms with Gasteiger partial charge in [0, 0.05) is 10.6 Å². The second kappa shape index (κ2) is 6.31. The van der Waals surface area contributed by atoms with Crippen LogP contribution in [0.4, 0.5) is 8.78 Å². The molecule has 0 bridgehead atoms. The van der Waals surface area contributed by atoms with Crippen LogP contribution in [-0.2, 0) is 6.42 Å². The highest BCUT2D eigenvalue weighted by atomic mass is 35.5. The van der Waals surface area contributed by atoms with E-state index in [9.17, 15) is 8.78 Å². The SMILES string of the molecule is Cc1ccc(CC(NN)c2c(F)cccc2F)c(Cl)c1. The van der Waals surface area contributed by atoms with Crippen LogP contribution in [0, 0.1) is 18.6 Å². The molecule has 3 N–H and O–H groups in total. The lowest BCUT2D eigenvalue weighted by atomic mass is 9.98. The zero-order valence-electron chi connectivity index (χ0n) is 11.0. The fourth-order valence-electron chi connectivity index (χ4n) is 2.13. The number of hydrogen-bond acceptors (Lipinski definition) is 2. The Hall–Kier alpha value is -1.49. The summed E-state index contributed by atoms with van der Waals surface area (Å²) < 4.78 is 27.6. The monoisotopic (exact) mass is 296 g/mol. The van der Waals surface area contributed by atoms with Crippen molar-refractivity contribution in [3.63, 3.8) is 0 Å². The van der Waals surface area contributed by atoms with E-state index in [1.165, 1.54) is 18.2 Å². The summed E-state index contributed by atoms with van der Waals surface area (Å²) in [7, 11) is 0. The molecule has 0 aromatic heterocycles. The van der Waals surface area contributed by atoms with Gasteiger partial charge in [-0.2, -0.15) is 0 Å². The molecule has 0 saturated heterocycles. The number of hydrazine groups is 1. The zero-order chi connectivity index (χ0) is 14.7. The molecule has 2 aromatic rings. The molecule has 0 fully saturated rings. The van der Waals surface area contributed by atoms with E-state index in [1.807, 2.05) is 25.1 Å². The van der Waals surface area contributed by atoms with Crippen LogP contribution in [-0.4, -0.2) is 0 Å². The van der Waals surface area contributed by atoms with Gasteiger partial charge in [-0.15, -0.1) is 0 Å². The average Bonchev–Trinajstić information content (AvgIpc) is 2.39. The molecule has 2 rings (SSSR count). The van der Waals surface area contributed by atoms with E-state index in [4.69, 9.17) is 17.4 Å². The van der Waals surface area contributed by atoms with E-state index in [-0.39, 0.29) is 5.56 Å². The first kappa shape index (κ1) is 14.9. The largest absolute Gasteiger partial charge is 0.271 e. The molecule has 2 aromatic carbocycles. The third-order valence-corrected chi connectivity index (χ3v) is 3.53. The van der Waals surface area contributed by atoms with Crippen LogP contribution in [0.5, 0.6) is 0 Å². The first-order valence-electron chi connectivity index (χ1n) is 6.18. The minimum Gasteiger partial charge on any atom is -0.271 e. The molecule has 20 heavy (non-hydrogen) atoms. The minimum atomic E-state index is -0.684. The number of hydrogen-bond donors (Lipinski definition) is 2. The van der Waals surface area contributed by atoms with Gasteiger partial charge in [-0.05, 0) is 42.7 Å². The van der Waals surface area contributed by atoms with Crippen LogP contribution in [0.25, 0.3) is 0 Å². The second-order valence-electron chi connectivity index (χ2n) is 4.65. The Balaban J connectivity index is 2.34. The molecule has 1 atom stereocenters. The third-order valence-electron chi connectivity index (χ3n) is 3.18. The van der Waals surface area contributed by atoms with Crippen molar-refractivity contribution in [1.82, 2.24) is 5.43 Å². The molecular weight excluding hydrogens is 282 g/mol. The van der Waals surface area contributed by atoms with E-state index in [0.717, 1.165) is 11.1 Å². The van der Waals surface area contributed by atoms with Gasteiger partial charge >= 0.3 is 0 Å². The van der Waals surface area contributed by atoms with Crippen LogP contribution in [0.15, 0.2) is 36.4 Å². The molecule has 0 spiro atoms. The second-order valence-corrected chi connectivity index (χ2v) is 5.06. The van der Waals surface area contributed by atoms with E-state index in [1.54, 1.807) is 0 Å². The van der Waals surface area contributed by atoms with Gasteiger partial charge < -0.3 is 0 Å². The van der Waals surface area contributed by atoms with Gasteiger partial charge in [0.1, 0.15) is 11.6 Å². The van der Waals surface area contributed by atoms with Crippen LogP contribution < -0.4 is 11.3 Å². The summed E-state index contributed by atoms with van der Waals surface area (Å²) in [5.74, 6) is 4.19. The lowest BCUT2D eigenvalue weighted by Gasteiger charge is -2.18. The van der Waals surface area contributed by atoms with Crippen LogP contribution in [0.2, 0.25) is 5.02 Å². The lowest BCUT2D eigenvalue weighted by Crippen LogP contribution is -2.31. The molecule has 0 aliphatic heterocycles. The highest BCUT2D eigenvalue weighted by Gasteiger charge is 2.20. The van der Waals surface area contributed by atoms with Gasteiger partial charge in [0.25, 0.3) is 0 Å². The predicted octanol–water partition coefficient (Wildman–Crippen LogP) is 3.67. The topological polar surface area (TPSA) is 38.0 Å². The van der Waals surface area contributed by atoms with E-state index in [0.29, 0.717) is 11.4 Å². The first-order chi connectivity index (χ1) is 9.52. The van der Waals surface area contributed by atoms with Gasteiger partial charge in [0.05, 0.1) is 6.04 Å². The number of benzene rings is 2. The fraction of sp³-hybridized carbons (Fsp3) is 0.200. The molecule has 5 heteroatoms. The molecular formula is C15H15ClF2N2. The maximum atomic E-state index is 13.8. The molecule has 0 aliphatic rings. The Kier molecular flexibility index (Phi) is 4.70. The van der Waals surface area contributed by atoms with Crippen molar-refractivity contribution in [2.75, 3.05) is 0 Å². The summed E-state index contributed by atoms with van der Waals surface area (Å²) in [5, 5.41) is 0.557. The number of nitrogens with two attached hydrogens (primary N) is 1. The molecule has 0 amide bonds. The Labute approximate surface area is 121 Å². The van der Waals surface area contributed by atoms with Crippen LogP contribution in [0.3, 0.4) is 0 Å².